The number of aliphatic carboxylic acids is 1. The van der Waals surface area contributed by atoms with Crippen molar-refractivity contribution in [3.05, 3.63) is 42.1 Å². The number of nitrogens with zero attached hydrogens (tertiary/aromatic N) is 1. The van der Waals surface area contributed by atoms with Gasteiger partial charge in [-0.25, -0.2) is 4.79 Å². The van der Waals surface area contributed by atoms with Gasteiger partial charge in [0.05, 0.1) is 5.52 Å². The summed E-state index contributed by atoms with van der Waals surface area (Å²) in [6, 6.07) is 8.38. The Kier molecular flexibility index (Phi) is 3.52. The van der Waals surface area contributed by atoms with E-state index in [0.717, 1.165) is 16.5 Å². The number of amides is 1. The summed E-state index contributed by atoms with van der Waals surface area (Å²) >= 11 is 0. The molecule has 2 aromatic rings. The van der Waals surface area contributed by atoms with Gasteiger partial charge >= 0.3 is 5.97 Å². The smallest absolute Gasteiger partial charge is 0.326 e. The minimum absolute atomic E-state index is 0.211. The van der Waals surface area contributed by atoms with Gasteiger partial charge in [-0.2, -0.15) is 0 Å². The van der Waals surface area contributed by atoms with E-state index in [4.69, 9.17) is 5.11 Å². The monoisotopic (exact) mass is 244 g/mol. The first kappa shape index (κ1) is 12.0. The van der Waals surface area contributed by atoms with Gasteiger partial charge < -0.3 is 10.4 Å². The first-order valence-electron chi connectivity index (χ1n) is 5.47. The minimum atomic E-state index is -1.06. The highest BCUT2D eigenvalue weighted by molar-refractivity contribution is 5.83. The molecular weight excluding hydrogens is 232 g/mol. The fraction of sp³-hybridized carbons (Fsp3) is 0.154. The normalized spacial score (nSPS) is 12.0. The summed E-state index contributed by atoms with van der Waals surface area (Å²) in [5.74, 6) is -1.06. The van der Waals surface area contributed by atoms with E-state index in [1.165, 1.54) is 0 Å². The fourth-order valence-electron chi connectivity index (χ4n) is 1.85. The average molecular weight is 244 g/mol. The van der Waals surface area contributed by atoms with E-state index < -0.39 is 12.0 Å². The summed E-state index contributed by atoms with van der Waals surface area (Å²) in [6.45, 7) is 0. The maximum atomic E-state index is 11.0. The summed E-state index contributed by atoms with van der Waals surface area (Å²) in [5, 5.41) is 12.2. The van der Waals surface area contributed by atoms with Crippen molar-refractivity contribution in [3.63, 3.8) is 0 Å². The zero-order valence-corrected chi connectivity index (χ0v) is 9.54. The Bertz CT molecular complexity index is 578. The fourth-order valence-corrected chi connectivity index (χ4v) is 1.85. The number of para-hydroxylation sites is 1. The van der Waals surface area contributed by atoms with Crippen LogP contribution >= 0.6 is 0 Å². The van der Waals surface area contributed by atoms with Gasteiger partial charge in [0.2, 0.25) is 6.41 Å². The molecule has 1 unspecified atom stereocenters. The predicted octanol–water partition coefficient (Wildman–Crippen LogP) is 0.976. The highest BCUT2D eigenvalue weighted by atomic mass is 16.4. The minimum Gasteiger partial charge on any atom is -0.480 e. The molecule has 1 aromatic heterocycles. The molecular formula is C13H12N2O3. The third-order valence-electron chi connectivity index (χ3n) is 2.71. The van der Waals surface area contributed by atoms with Gasteiger partial charge in [0, 0.05) is 18.0 Å². The van der Waals surface area contributed by atoms with Crippen LogP contribution in [0.3, 0.4) is 0 Å². The lowest BCUT2D eigenvalue weighted by Crippen LogP contribution is -2.37. The van der Waals surface area contributed by atoms with Crippen molar-refractivity contribution in [1.29, 1.82) is 0 Å². The maximum Gasteiger partial charge on any atom is 0.326 e. The Morgan fingerprint density at radius 2 is 2.17 bits per heavy atom. The molecule has 2 rings (SSSR count). The predicted molar refractivity (Wildman–Crippen MR) is 66.1 cm³/mol. The van der Waals surface area contributed by atoms with Gasteiger partial charge in [-0.15, -0.1) is 0 Å². The topological polar surface area (TPSA) is 79.3 Å². The molecule has 5 heteroatoms. The summed E-state index contributed by atoms with van der Waals surface area (Å²) < 4.78 is 0. The Balaban J connectivity index is 2.36. The lowest BCUT2D eigenvalue weighted by atomic mass is 10.0. The molecule has 5 nitrogen and oxygen atoms in total. The maximum absolute atomic E-state index is 11.0. The number of pyridine rings is 1. The van der Waals surface area contributed by atoms with Crippen molar-refractivity contribution in [3.8, 4) is 0 Å². The Hall–Kier alpha value is -2.43. The van der Waals surface area contributed by atoms with Crippen LogP contribution in [0.25, 0.3) is 10.9 Å². The summed E-state index contributed by atoms with van der Waals surface area (Å²) in [7, 11) is 0. The number of fused-ring (bicyclic) bond motifs is 1. The first-order valence-corrected chi connectivity index (χ1v) is 5.47. The molecule has 0 spiro atoms. The molecule has 0 bridgehead atoms. The number of carbonyl (C=O) groups is 2. The molecule has 2 N–H and O–H groups in total. The van der Waals surface area contributed by atoms with Gasteiger partial charge in [0.1, 0.15) is 6.04 Å². The van der Waals surface area contributed by atoms with Gasteiger partial charge in [-0.05, 0) is 11.6 Å². The van der Waals surface area contributed by atoms with Crippen LogP contribution in [0.4, 0.5) is 0 Å². The van der Waals surface area contributed by atoms with Crippen LogP contribution in [0.15, 0.2) is 36.5 Å². The molecule has 0 radical (unpaired) electrons. The zero-order chi connectivity index (χ0) is 13.0. The van der Waals surface area contributed by atoms with E-state index in [-0.39, 0.29) is 6.42 Å². The summed E-state index contributed by atoms with van der Waals surface area (Å²) in [4.78, 5) is 25.6. The van der Waals surface area contributed by atoms with E-state index in [1.807, 2.05) is 30.3 Å². The van der Waals surface area contributed by atoms with Gasteiger partial charge in [0.25, 0.3) is 0 Å². The van der Waals surface area contributed by atoms with E-state index in [0.29, 0.717) is 6.41 Å². The van der Waals surface area contributed by atoms with Crippen LogP contribution in [0.5, 0.6) is 0 Å². The second kappa shape index (κ2) is 5.27. The molecule has 92 valence electrons. The van der Waals surface area contributed by atoms with E-state index in [2.05, 4.69) is 10.3 Å². The summed E-state index contributed by atoms with van der Waals surface area (Å²) in [5.41, 5.74) is 1.56. The van der Waals surface area contributed by atoms with Crippen LogP contribution < -0.4 is 5.32 Å². The molecule has 1 atom stereocenters. The molecule has 1 heterocycles. The second-order valence-corrected chi connectivity index (χ2v) is 3.87. The molecule has 0 saturated carbocycles. The highest BCUT2D eigenvalue weighted by Gasteiger charge is 2.18. The van der Waals surface area contributed by atoms with E-state index in [1.54, 1.807) is 6.20 Å². The van der Waals surface area contributed by atoms with Crippen molar-refractivity contribution >= 4 is 23.3 Å². The molecule has 1 amide bonds. The van der Waals surface area contributed by atoms with Crippen LogP contribution in [0.1, 0.15) is 5.56 Å². The lowest BCUT2D eigenvalue weighted by molar-refractivity contribution is -0.140. The van der Waals surface area contributed by atoms with Crippen molar-refractivity contribution in [2.75, 3.05) is 0 Å². The third kappa shape index (κ3) is 2.45. The van der Waals surface area contributed by atoms with Crippen molar-refractivity contribution < 1.29 is 14.7 Å². The number of hydrogen-bond donors (Lipinski definition) is 2. The quantitative estimate of drug-likeness (QED) is 0.768. The molecule has 1 aromatic carbocycles. The Morgan fingerprint density at radius 1 is 1.39 bits per heavy atom. The number of carbonyl (C=O) groups excluding carboxylic acids is 1. The molecule has 0 saturated heterocycles. The number of benzene rings is 1. The van der Waals surface area contributed by atoms with Crippen LogP contribution in [-0.2, 0) is 16.0 Å². The standard InChI is InChI=1S/C13H12N2O3/c16-8-15-11(13(17)18)7-10-4-1-3-9-5-2-6-14-12(9)10/h1-6,8,11H,7H2,(H,15,16)(H,17,18). The van der Waals surface area contributed by atoms with E-state index in [9.17, 15) is 9.59 Å². The van der Waals surface area contributed by atoms with Gasteiger partial charge in [-0.1, -0.05) is 24.3 Å². The van der Waals surface area contributed by atoms with Crippen molar-refractivity contribution in [2.45, 2.75) is 12.5 Å². The second-order valence-electron chi connectivity index (χ2n) is 3.87. The van der Waals surface area contributed by atoms with Crippen molar-refractivity contribution in [1.82, 2.24) is 10.3 Å². The Morgan fingerprint density at radius 3 is 2.89 bits per heavy atom. The molecule has 0 aliphatic carbocycles. The Labute approximate surface area is 103 Å². The van der Waals surface area contributed by atoms with Crippen LogP contribution in [0.2, 0.25) is 0 Å². The third-order valence-corrected chi connectivity index (χ3v) is 2.71. The number of carboxylic acid groups (broad SMARTS) is 1. The molecule has 0 aliphatic heterocycles. The number of rotatable bonds is 5. The van der Waals surface area contributed by atoms with Crippen molar-refractivity contribution in [2.24, 2.45) is 0 Å². The van der Waals surface area contributed by atoms with Crippen LogP contribution in [-0.4, -0.2) is 28.5 Å². The lowest BCUT2D eigenvalue weighted by Gasteiger charge is -2.12. The van der Waals surface area contributed by atoms with Gasteiger partial charge in [0.15, 0.2) is 0 Å². The summed E-state index contributed by atoms with van der Waals surface area (Å²) in [6.07, 6.45) is 2.27. The number of aromatic nitrogens is 1. The highest BCUT2D eigenvalue weighted by Crippen LogP contribution is 2.17. The molecule has 0 fully saturated rings. The molecule has 0 aliphatic rings. The molecule has 18 heavy (non-hydrogen) atoms. The zero-order valence-electron chi connectivity index (χ0n) is 9.54. The van der Waals surface area contributed by atoms with E-state index >= 15 is 0 Å². The number of hydrogen-bond acceptors (Lipinski definition) is 3. The largest absolute Gasteiger partial charge is 0.480 e. The number of nitrogens with one attached hydrogen (secondary N) is 1. The average Bonchev–Trinajstić information content (AvgIpc) is 2.38. The van der Waals surface area contributed by atoms with Gasteiger partial charge in [-0.3, -0.25) is 9.78 Å². The SMILES string of the molecule is O=CNC(Cc1cccc2cccnc12)C(=O)O. The first-order chi connectivity index (χ1) is 8.72. The van der Waals surface area contributed by atoms with Crippen LogP contribution in [0, 0.1) is 0 Å². The number of carboxylic acids is 1.